The normalized spacial score (nSPS) is 11.1. The van der Waals surface area contributed by atoms with Crippen molar-refractivity contribution < 1.29 is 27.7 Å². The Morgan fingerprint density at radius 3 is 2.66 bits per heavy atom. The Bertz CT molecular complexity index is 1150. The minimum absolute atomic E-state index is 0.0225. The van der Waals surface area contributed by atoms with Crippen LogP contribution in [0.2, 0.25) is 5.02 Å². The summed E-state index contributed by atoms with van der Waals surface area (Å²) in [4.78, 5) is 11.8. The quantitative estimate of drug-likeness (QED) is 0.375. The number of rotatable bonds is 11. The molecule has 0 aliphatic carbocycles. The number of anilines is 1. The number of pyridine rings is 1. The lowest BCUT2D eigenvalue weighted by Gasteiger charge is -2.16. The van der Waals surface area contributed by atoms with Crippen molar-refractivity contribution in [3.8, 4) is 23.1 Å². The van der Waals surface area contributed by atoms with E-state index in [1.807, 2.05) is 0 Å². The summed E-state index contributed by atoms with van der Waals surface area (Å²) >= 11 is 6.20. The second kappa shape index (κ2) is 10.9. The zero-order valence-corrected chi connectivity index (χ0v) is 18.4. The van der Waals surface area contributed by atoms with Gasteiger partial charge in [0.1, 0.15) is 24.4 Å². The lowest BCUT2D eigenvalue weighted by molar-refractivity contribution is 0.192. The molecule has 3 rings (SSSR count). The summed E-state index contributed by atoms with van der Waals surface area (Å²) < 4.78 is 46.2. The molecule has 0 saturated carbocycles. The average molecular weight is 482 g/mol. The molecule has 0 saturated heterocycles. The summed E-state index contributed by atoms with van der Waals surface area (Å²) in [7, 11) is -2.59. The Balaban J connectivity index is 1.89. The van der Waals surface area contributed by atoms with E-state index >= 15 is 0 Å². The van der Waals surface area contributed by atoms with Crippen molar-refractivity contribution in [1.29, 1.82) is 0 Å². The fourth-order valence-electron chi connectivity index (χ4n) is 2.41. The van der Waals surface area contributed by atoms with E-state index in [2.05, 4.69) is 24.4 Å². The van der Waals surface area contributed by atoms with E-state index in [1.54, 1.807) is 36.7 Å². The molecule has 0 aliphatic heterocycles. The van der Waals surface area contributed by atoms with Gasteiger partial charge >= 0.3 is 10.2 Å². The number of nitrogens with zero attached hydrogens (tertiary/aromatic N) is 3. The molecule has 0 atom stereocenters. The molecular formula is C19H20ClN5O6S. The zero-order valence-electron chi connectivity index (χ0n) is 16.9. The lowest BCUT2D eigenvalue weighted by Crippen LogP contribution is -2.30. The summed E-state index contributed by atoms with van der Waals surface area (Å²) in [6, 6.07) is 8.03. The summed E-state index contributed by atoms with van der Waals surface area (Å²) in [5, 5.41) is 9.31. The Kier molecular flexibility index (Phi) is 8.00. The molecule has 11 nitrogen and oxygen atoms in total. The van der Waals surface area contributed by atoms with Crippen LogP contribution in [-0.4, -0.2) is 48.8 Å². The summed E-state index contributed by atoms with van der Waals surface area (Å²) in [5.41, 5.74) is 0.708. The molecule has 0 fully saturated rings. The molecule has 0 radical (unpaired) electrons. The largest absolute Gasteiger partial charge is 0.497 e. The second-order valence-corrected chi connectivity index (χ2v) is 8.02. The molecule has 0 unspecified atom stereocenters. The van der Waals surface area contributed by atoms with Crippen LogP contribution in [0.3, 0.4) is 0 Å². The molecule has 2 aromatic heterocycles. The molecule has 0 aliphatic rings. The standard InChI is InChI=1S/C19H20ClN5O6S/c1-29-14-2-3-15(20)16(10-14)31-17-18(22-12-23-19(17)30-9-8-26)25-32(27,28)24-11-13-4-6-21-7-5-13/h2-7,10,12,24,26H,8-9,11H2,1H3,(H,22,23,25). The molecule has 2 heterocycles. The van der Waals surface area contributed by atoms with Crippen molar-refractivity contribution >= 4 is 27.6 Å². The topological polar surface area (TPSA) is 145 Å². The van der Waals surface area contributed by atoms with Gasteiger partial charge in [0.15, 0.2) is 5.82 Å². The molecule has 32 heavy (non-hydrogen) atoms. The van der Waals surface area contributed by atoms with E-state index in [-0.39, 0.29) is 48.0 Å². The van der Waals surface area contributed by atoms with Gasteiger partial charge in [0.2, 0.25) is 5.75 Å². The van der Waals surface area contributed by atoms with Gasteiger partial charge in [-0.1, -0.05) is 11.6 Å². The Hall–Kier alpha value is -3.19. The van der Waals surface area contributed by atoms with Crippen molar-refractivity contribution in [3.63, 3.8) is 0 Å². The smallest absolute Gasteiger partial charge is 0.300 e. The first-order chi connectivity index (χ1) is 15.4. The van der Waals surface area contributed by atoms with Crippen LogP contribution in [0.5, 0.6) is 23.1 Å². The van der Waals surface area contributed by atoms with Gasteiger partial charge < -0.3 is 19.3 Å². The molecule has 3 N–H and O–H groups in total. The van der Waals surface area contributed by atoms with Crippen LogP contribution in [0.25, 0.3) is 0 Å². The van der Waals surface area contributed by atoms with Crippen LogP contribution in [0.15, 0.2) is 49.1 Å². The molecule has 0 spiro atoms. The van der Waals surface area contributed by atoms with Gasteiger partial charge in [-0.2, -0.15) is 18.1 Å². The minimum atomic E-state index is -4.06. The predicted molar refractivity (Wildman–Crippen MR) is 116 cm³/mol. The Morgan fingerprint density at radius 1 is 1.16 bits per heavy atom. The number of methoxy groups -OCH3 is 1. The van der Waals surface area contributed by atoms with Crippen molar-refractivity contribution in [2.75, 3.05) is 25.0 Å². The van der Waals surface area contributed by atoms with E-state index in [9.17, 15) is 8.42 Å². The maximum Gasteiger partial charge on any atom is 0.300 e. The molecular weight excluding hydrogens is 462 g/mol. The third-order valence-corrected chi connectivity index (χ3v) is 5.20. The maximum atomic E-state index is 12.6. The SMILES string of the molecule is COc1ccc(Cl)c(Oc2c(NS(=O)(=O)NCc3ccncc3)ncnc2OCCO)c1. The van der Waals surface area contributed by atoms with E-state index in [4.69, 9.17) is 30.9 Å². The third-order valence-electron chi connectivity index (χ3n) is 3.90. The first-order valence-electron chi connectivity index (χ1n) is 9.18. The van der Waals surface area contributed by atoms with Gasteiger partial charge in [-0.25, -0.2) is 4.98 Å². The zero-order chi connectivity index (χ0) is 23.0. The highest BCUT2D eigenvalue weighted by molar-refractivity contribution is 7.90. The van der Waals surface area contributed by atoms with E-state index in [1.165, 1.54) is 13.2 Å². The first-order valence-corrected chi connectivity index (χ1v) is 11.0. The molecule has 170 valence electrons. The van der Waals surface area contributed by atoms with E-state index < -0.39 is 10.2 Å². The van der Waals surface area contributed by atoms with Crippen LogP contribution < -0.4 is 23.7 Å². The van der Waals surface area contributed by atoms with Crippen LogP contribution in [0.4, 0.5) is 5.82 Å². The lowest BCUT2D eigenvalue weighted by atomic mass is 10.3. The molecule has 0 amide bonds. The Labute approximate surface area is 189 Å². The fourth-order valence-corrected chi connectivity index (χ4v) is 3.39. The monoisotopic (exact) mass is 481 g/mol. The van der Waals surface area contributed by atoms with Crippen LogP contribution in [-0.2, 0) is 16.8 Å². The molecule has 0 bridgehead atoms. The highest BCUT2D eigenvalue weighted by Crippen LogP contribution is 2.39. The summed E-state index contributed by atoms with van der Waals surface area (Å²) in [6.45, 7) is -0.377. The van der Waals surface area contributed by atoms with Gasteiger partial charge in [-0.3, -0.25) is 9.71 Å². The van der Waals surface area contributed by atoms with Crippen LogP contribution >= 0.6 is 11.6 Å². The van der Waals surface area contributed by atoms with E-state index in [0.29, 0.717) is 11.3 Å². The van der Waals surface area contributed by atoms with Gasteiger partial charge in [-0.15, -0.1) is 0 Å². The highest BCUT2D eigenvalue weighted by atomic mass is 35.5. The van der Waals surface area contributed by atoms with Crippen molar-refractivity contribution in [2.45, 2.75) is 6.54 Å². The Morgan fingerprint density at radius 2 is 1.94 bits per heavy atom. The third kappa shape index (κ3) is 6.40. The number of hydrogen-bond acceptors (Lipinski definition) is 9. The number of halogens is 1. The van der Waals surface area contributed by atoms with Crippen LogP contribution in [0, 0.1) is 0 Å². The van der Waals surface area contributed by atoms with Gasteiger partial charge in [0.25, 0.3) is 5.88 Å². The maximum absolute atomic E-state index is 12.6. The van der Waals surface area contributed by atoms with Crippen molar-refractivity contribution in [2.24, 2.45) is 0 Å². The first kappa shape index (κ1) is 23.5. The van der Waals surface area contributed by atoms with Gasteiger partial charge in [0, 0.05) is 25.0 Å². The average Bonchev–Trinajstić information content (AvgIpc) is 2.79. The number of nitrogens with one attached hydrogen (secondary N) is 2. The summed E-state index contributed by atoms with van der Waals surface area (Å²) in [5.74, 6) is 0.166. The van der Waals surface area contributed by atoms with Crippen molar-refractivity contribution in [1.82, 2.24) is 19.7 Å². The molecule has 13 heteroatoms. The molecule has 1 aromatic carbocycles. The molecule has 3 aromatic rings. The number of hydrogen-bond donors (Lipinski definition) is 3. The number of ether oxygens (including phenoxy) is 3. The fraction of sp³-hybridized carbons (Fsp3) is 0.211. The second-order valence-electron chi connectivity index (χ2n) is 6.11. The summed E-state index contributed by atoms with van der Waals surface area (Å²) in [6.07, 6.45) is 4.19. The number of benzene rings is 1. The number of aliphatic hydroxyl groups excluding tert-OH is 1. The van der Waals surface area contributed by atoms with Gasteiger partial charge in [-0.05, 0) is 29.8 Å². The van der Waals surface area contributed by atoms with E-state index in [0.717, 1.165) is 6.33 Å². The minimum Gasteiger partial charge on any atom is -0.497 e. The van der Waals surface area contributed by atoms with Gasteiger partial charge in [0.05, 0.1) is 18.7 Å². The van der Waals surface area contributed by atoms with Crippen LogP contribution in [0.1, 0.15) is 5.56 Å². The highest BCUT2D eigenvalue weighted by Gasteiger charge is 2.21. The number of aliphatic hydroxyl groups is 1. The predicted octanol–water partition coefficient (Wildman–Crippen LogP) is 2.14. The number of aromatic nitrogens is 3. The van der Waals surface area contributed by atoms with Crippen molar-refractivity contribution in [3.05, 3.63) is 59.6 Å².